The number of aryl methyl sites for hydroxylation is 2. The summed E-state index contributed by atoms with van der Waals surface area (Å²) in [6, 6.07) is 8.36. The molecule has 7 heteroatoms. The van der Waals surface area contributed by atoms with Crippen molar-refractivity contribution in [1.82, 2.24) is 4.98 Å². The molecule has 1 aliphatic rings. The van der Waals surface area contributed by atoms with Gasteiger partial charge in [-0.3, -0.25) is 9.59 Å². The lowest BCUT2D eigenvalue weighted by atomic mass is 9.74. The standard InChI is InChI=1S/C21H28N2O3.CH2O2/c1-4-9-21(20(25)26)13-23(10-8-18(21)24)19-11-14(3)16-12-15(5-2)6-7-17(16)22-19;2-1-3/h6-7,11-12,18,24H,4-5,8-10,13H2,1-3H3,(H,25,26);1H,(H,2,3)/t18-,21+;/m1./s1. The number of carbonyl (C=O) groups is 2. The third kappa shape index (κ3) is 4.67. The van der Waals surface area contributed by atoms with E-state index in [0.717, 1.165) is 35.1 Å². The maximum Gasteiger partial charge on any atom is 0.314 e. The lowest BCUT2D eigenvalue weighted by Crippen LogP contribution is -2.56. The number of fused-ring (bicyclic) bond motifs is 1. The normalized spacial score (nSPS) is 21.4. The molecular weight excluding hydrogens is 372 g/mol. The van der Waals surface area contributed by atoms with E-state index in [9.17, 15) is 15.0 Å². The topological polar surface area (TPSA) is 111 Å². The second-order valence-electron chi connectivity index (χ2n) is 7.55. The number of aliphatic hydroxyl groups is 1. The highest BCUT2D eigenvalue weighted by atomic mass is 16.4. The van der Waals surface area contributed by atoms with Gasteiger partial charge in [0.15, 0.2) is 0 Å². The number of pyridine rings is 1. The molecule has 3 N–H and O–H groups in total. The van der Waals surface area contributed by atoms with Crippen LogP contribution in [-0.4, -0.2) is 51.9 Å². The molecule has 1 aliphatic heterocycles. The lowest BCUT2D eigenvalue weighted by molar-refractivity contribution is -0.158. The van der Waals surface area contributed by atoms with Crippen LogP contribution < -0.4 is 4.90 Å². The molecule has 7 nitrogen and oxygen atoms in total. The van der Waals surface area contributed by atoms with Gasteiger partial charge < -0.3 is 20.2 Å². The largest absolute Gasteiger partial charge is 0.483 e. The van der Waals surface area contributed by atoms with E-state index >= 15 is 0 Å². The molecule has 0 amide bonds. The number of benzene rings is 1. The molecule has 0 bridgehead atoms. The van der Waals surface area contributed by atoms with E-state index in [4.69, 9.17) is 14.9 Å². The highest BCUT2D eigenvalue weighted by Gasteiger charge is 2.48. The van der Waals surface area contributed by atoms with Crippen LogP contribution in [0.1, 0.15) is 44.2 Å². The Morgan fingerprint density at radius 3 is 2.62 bits per heavy atom. The number of rotatable bonds is 5. The number of piperidine rings is 1. The van der Waals surface area contributed by atoms with Gasteiger partial charge in [-0.2, -0.15) is 0 Å². The number of aliphatic carboxylic acids is 1. The van der Waals surface area contributed by atoms with Crippen molar-refractivity contribution in [3.8, 4) is 0 Å². The Balaban J connectivity index is 0.000000941. The number of aromatic nitrogens is 1. The molecule has 0 spiro atoms. The van der Waals surface area contributed by atoms with Gasteiger partial charge in [0, 0.05) is 18.5 Å². The van der Waals surface area contributed by atoms with Crippen molar-refractivity contribution >= 4 is 29.2 Å². The zero-order valence-corrected chi connectivity index (χ0v) is 17.3. The number of aliphatic hydroxyl groups excluding tert-OH is 1. The van der Waals surface area contributed by atoms with Crippen LogP contribution in [0.15, 0.2) is 24.3 Å². The summed E-state index contributed by atoms with van der Waals surface area (Å²) in [6.07, 6.45) is 1.80. The second kappa shape index (κ2) is 9.69. The van der Waals surface area contributed by atoms with Crippen molar-refractivity contribution in [2.75, 3.05) is 18.0 Å². The molecule has 2 aromatic rings. The van der Waals surface area contributed by atoms with Gasteiger partial charge in [-0.05, 0) is 55.5 Å². The molecule has 2 atom stereocenters. The van der Waals surface area contributed by atoms with Crippen LogP contribution in [0.5, 0.6) is 0 Å². The molecule has 2 heterocycles. The quantitative estimate of drug-likeness (QED) is 0.658. The van der Waals surface area contributed by atoms with Gasteiger partial charge in [0.25, 0.3) is 6.47 Å². The zero-order chi connectivity index (χ0) is 21.6. The van der Waals surface area contributed by atoms with Crippen molar-refractivity contribution in [3.63, 3.8) is 0 Å². The minimum atomic E-state index is -1.12. The van der Waals surface area contributed by atoms with Gasteiger partial charge in [0.05, 0.1) is 11.6 Å². The van der Waals surface area contributed by atoms with Gasteiger partial charge in [0.1, 0.15) is 11.2 Å². The third-order valence-corrected chi connectivity index (χ3v) is 5.70. The Morgan fingerprint density at radius 1 is 1.34 bits per heavy atom. The fraction of sp³-hybridized carbons (Fsp3) is 0.500. The first-order valence-corrected chi connectivity index (χ1v) is 9.97. The Bertz CT molecular complexity index is 870. The SMILES string of the molecule is CCC[C@]1(C(=O)O)CN(c2cc(C)c3cc(CC)ccc3n2)CC[C@H]1O.O=CO. The summed E-state index contributed by atoms with van der Waals surface area (Å²) < 4.78 is 0. The number of anilines is 1. The second-order valence-corrected chi connectivity index (χ2v) is 7.55. The first-order valence-electron chi connectivity index (χ1n) is 9.97. The van der Waals surface area contributed by atoms with E-state index in [1.807, 2.05) is 24.0 Å². The predicted octanol–water partition coefficient (Wildman–Crippen LogP) is 3.25. The Labute approximate surface area is 171 Å². The van der Waals surface area contributed by atoms with Gasteiger partial charge in [-0.25, -0.2) is 4.98 Å². The van der Waals surface area contributed by atoms with Crippen molar-refractivity contribution < 1.29 is 24.9 Å². The molecule has 3 rings (SSSR count). The Kier molecular flexibility index (Phi) is 7.56. The van der Waals surface area contributed by atoms with E-state index in [2.05, 4.69) is 26.0 Å². The van der Waals surface area contributed by atoms with Crippen molar-refractivity contribution in [1.29, 1.82) is 0 Å². The first kappa shape index (κ1) is 22.6. The number of hydrogen-bond donors (Lipinski definition) is 3. The minimum Gasteiger partial charge on any atom is -0.483 e. The number of carboxylic acid groups (broad SMARTS) is 2. The van der Waals surface area contributed by atoms with Gasteiger partial charge in [-0.15, -0.1) is 0 Å². The molecule has 1 aromatic heterocycles. The number of hydrogen-bond acceptors (Lipinski definition) is 5. The highest BCUT2D eigenvalue weighted by molar-refractivity contribution is 5.85. The third-order valence-electron chi connectivity index (χ3n) is 5.70. The summed E-state index contributed by atoms with van der Waals surface area (Å²) in [5, 5.41) is 28.3. The Morgan fingerprint density at radius 2 is 2.03 bits per heavy atom. The number of carboxylic acids is 1. The molecule has 0 saturated carbocycles. The molecule has 1 aromatic carbocycles. The predicted molar refractivity (Wildman–Crippen MR) is 112 cm³/mol. The van der Waals surface area contributed by atoms with E-state index in [1.54, 1.807) is 0 Å². The van der Waals surface area contributed by atoms with Gasteiger partial charge in [0.2, 0.25) is 0 Å². The Hall–Kier alpha value is -2.67. The van der Waals surface area contributed by atoms with Crippen LogP contribution in [0.25, 0.3) is 10.9 Å². The monoisotopic (exact) mass is 402 g/mol. The first-order chi connectivity index (χ1) is 13.8. The van der Waals surface area contributed by atoms with E-state index in [-0.39, 0.29) is 6.47 Å². The molecule has 29 heavy (non-hydrogen) atoms. The highest BCUT2D eigenvalue weighted by Crippen LogP contribution is 2.37. The van der Waals surface area contributed by atoms with Gasteiger partial charge >= 0.3 is 5.97 Å². The molecule has 0 radical (unpaired) electrons. The number of nitrogens with zero attached hydrogens (tertiary/aromatic N) is 2. The van der Waals surface area contributed by atoms with Crippen LogP contribution in [-0.2, 0) is 16.0 Å². The molecule has 1 fully saturated rings. The molecule has 158 valence electrons. The van der Waals surface area contributed by atoms with Crippen LogP contribution >= 0.6 is 0 Å². The fourth-order valence-corrected chi connectivity index (χ4v) is 4.09. The molecule has 0 aliphatic carbocycles. The van der Waals surface area contributed by atoms with Crippen LogP contribution in [0.4, 0.5) is 5.82 Å². The van der Waals surface area contributed by atoms with Gasteiger partial charge in [-0.1, -0.05) is 26.3 Å². The summed E-state index contributed by atoms with van der Waals surface area (Å²) in [6.45, 7) is 6.83. The summed E-state index contributed by atoms with van der Waals surface area (Å²) in [7, 11) is 0. The smallest absolute Gasteiger partial charge is 0.314 e. The van der Waals surface area contributed by atoms with Crippen LogP contribution in [0.2, 0.25) is 0 Å². The summed E-state index contributed by atoms with van der Waals surface area (Å²) in [5.41, 5.74) is 2.23. The molecule has 1 saturated heterocycles. The lowest BCUT2D eigenvalue weighted by Gasteiger charge is -2.44. The maximum absolute atomic E-state index is 12.0. The van der Waals surface area contributed by atoms with E-state index in [1.165, 1.54) is 5.56 Å². The van der Waals surface area contributed by atoms with E-state index < -0.39 is 17.5 Å². The summed E-state index contributed by atoms with van der Waals surface area (Å²) in [5.74, 6) is -0.116. The van der Waals surface area contributed by atoms with Crippen molar-refractivity contribution in [2.24, 2.45) is 5.41 Å². The molecular formula is C22H30N2O5. The summed E-state index contributed by atoms with van der Waals surface area (Å²) in [4.78, 5) is 27.2. The van der Waals surface area contributed by atoms with Crippen LogP contribution in [0, 0.1) is 12.3 Å². The summed E-state index contributed by atoms with van der Waals surface area (Å²) >= 11 is 0. The van der Waals surface area contributed by atoms with E-state index in [0.29, 0.717) is 25.9 Å². The zero-order valence-electron chi connectivity index (χ0n) is 17.3. The maximum atomic E-state index is 12.0. The average Bonchev–Trinajstić information content (AvgIpc) is 2.70. The average molecular weight is 402 g/mol. The van der Waals surface area contributed by atoms with Crippen molar-refractivity contribution in [3.05, 3.63) is 35.4 Å². The van der Waals surface area contributed by atoms with Crippen LogP contribution in [0.3, 0.4) is 0 Å². The fourth-order valence-electron chi connectivity index (χ4n) is 4.09. The molecule has 0 unspecified atom stereocenters. The van der Waals surface area contributed by atoms with Crippen molar-refractivity contribution in [2.45, 2.75) is 52.6 Å². The minimum absolute atomic E-state index is 0.250.